The summed E-state index contributed by atoms with van der Waals surface area (Å²) in [4.78, 5) is 25.0. The van der Waals surface area contributed by atoms with Gasteiger partial charge in [-0.05, 0) is 23.6 Å². The molecule has 2 atom stereocenters. The second kappa shape index (κ2) is 6.72. The summed E-state index contributed by atoms with van der Waals surface area (Å²) in [6, 6.07) is 6.73. The fourth-order valence-corrected chi connectivity index (χ4v) is 3.31. The Balaban J connectivity index is 2.16. The third-order valence-electron chi connectivity index (χ3n) is 3.44. The van der Waals surface area contributed by atoms with Gasteiger partial charge in [0, 0.05) is 29.2 Å². The molecule has 0 aromatic heterocycles. The number of halogens is 2. The molecular formula is C14H15Br2NO3. The van der Waals surface area contributed by atoms with Crippen LogP contribution in [0, 0.1) is 5.92 Å². The summed E-state index contributed by atoms with van der Waals surface area (Å²) in [6.45, 7) is 0.509. The van der Waals surface area contributed by atoms with Crippen molar-refractivity contribution in [3.8, 4) is 0 Å². The molecule has 2 rings (SSSR count). The van der Waals surface area contributed by atoms with E-state index in [1.807, 2.05) is 24.3 Å². The average molecular weight is 405 g/mol. The fourth-order valence-electron chi connectivity index (χ4n) is 2.43. The van der Waals surface area contributed by atoms with E-state index >= 15 is 0 Å². The normalized spacial score (nSPS) is 20.2. The first-order chi connectivity index (χ1) is 9.51. The summed E-state index contributed by atoms with van der Waals surface area (Å²) in [5.41, 5.74) is 0.905. The van der Waals surface area contributed by atoms with E-state index in [0.717, 1.165) is 15.4 Å². The van der Waals surface area contributed by atoms with Crippen molar-refractivity contribution in [2.75, 3.05) is 11.9 Å². The van der Waals surface area contributed by atoms with Gasteiger partial charge in [-0.1, -0.05) is 44.0 Å². The van der Waals surface area contributed by atoms with Gasteiger partial charge >= 0.3 is 5.97 Å². The van der Waals surface area contributed by atoms with E-state index in [1.54, 1.807) is 0 Å². The first-order valence-corrected chi connectivity index (χ1v) is 8.25. The quantitative estimate of drug-likeness (QED) is 0.767. The second-order valence-corrected chi connectivity index (χ2v) is 6.52. The zero-order valence-corrected chi connectivity index (χ0v) is 13.9. The van der Waals surface area contributed by atoms with Crippen LogP contribution < -0.4 is 0 Å². The maximum absolute atomic E-state index is 12.0. The van der Waals surface area contributed by atoms with Crippen LogP contribution in [-0.2, 0) is 16.0 Å². The standard InChI is InChI=1S/C14H15Br2NO3/c15-7-10-6-13(18)17(8-10)12(14(19)20)5-9-2-1-3-11(16)4-9/h1-4,10,12H,5-8H2,(H,19,20). The molecule has 1 aromatic rings. The highest BCUT2D eigenvalue weighted by molar-refractivity contribution is 9.10. The summed E-state index contributed by atoms with van der Waals surface area (Å²) >= 11 is 6.73. The first kappa shape index (κ1) is 15.5. The minimum Gasteiger partial charge on any atom is -0.480 e. The van der Waals surface area contributed by atoms with Gasteiger partial charge in [-0.2, -0.15) is 0 Å². The van der Waals surface area contributed by atoms with Gasteiger partial charge in [0.15, 0.2) is 0 Å². The molecule has 1 aromatic carbocycles. The number of benzene rings is 1. The molecule has 1 N–H and O–H groups in total. The number of carboxylic acid groups (broad SMARTS) is 1. The van der Waals surface area contributed by atoms with Crippen molar-refractivity contribution in [2.24, 2.45) is 5.92 Å². The second-order valence-electron chi connectivity index (χ2n) is 4.96. The number of carbonyl (C=O) groups excluding carboxylic acids is 1. The Morgan fingerprint density at radius 1 is 1.50 bits per heavy atom. The third kappa shape index (κ3) is 3.61. The van der Waals surface area contributed by atoms with E-state index in [9.17, 15) is 14.7 Å². The minimum atomic E-state index is -0.950. The monoisotopic (exact) mass is 403 g/mol. The number of hydrogen-bond donors (Lipinski definition) is 1. The van der Waals surface area contributed by atoms with Crippen molar-refractivity contribution in [1.29, 1.82) is 0 Å². The molecule has 1 amide bonds. The Hall–Kier alpha value is -0.880. The van der Waals surface area contributed by atoms with Crippen LogP contribution in [0.5, 0.6) is 0 Å². The van der Waals surface area contributed by atoms with E-state index in [2.05, 4.69) is 31.9 Å². The van der Waals surface area contributed by atoms with Gasteiger partial charge in [0.05, 0.1) is 0 Å². The molecular weight excluding hydrogens is 390 g/mol. The molecule has 2 unspecified atom stereocenters. The van der Waals surface area contributed by atoms with Crippen LogP contribution in [0.2, 0.25) is 0 Å². The highest BCUT2D eigenvalue weighted by atomic mass is 79.9. The van der Waals surface area contributed by atoms with E-state index in [4.69, 9.17) is 0 Å². The maximum atomic E-state index is 12.0. The van der Waals surface area contributed by atoms with Gasteiger partial charge in [-0.25, -0.2) is 4.79 Å². The zero-order valence-electron chi connectivity index (χ0n) is 10.8. The predicted molar refractivity (Wildman–Crippen MR) is 82.9 cm³/mol. The summed E-state index contributed by atoms with van der Waals surface area (Å²) in [5.74, 6) is -0.822. The molecule has 1 heterocycles. The molecule has 0 saturated carbocycles. The largest absolute Gasteiger partial charge is 0.480 e. The van der Waals surface area contributed by atoms with Gasteiger partial charge in [0.2, 0.25) is 5.91 Å². The Morgan fingerprint density at radius 3 is 2.80 bits per heavy atom. The topological polar surface area (TPSA) is 57.6 Å². The number of nitrogens with zero attached hydrogens (tertiary/aromatic N) is 1. The van der Waals surface area contributed by atoms with Crippen molar-refractivity contribution in [2.45, 2.75) is 18.9 Å². The molecule has 0 spiro atoms. The summed E-state index contributed by atoms with van der Waals surface area (Å²) < 4.78 is 0.908. The van der Waals surface area contributed by atoms with Crippen molar-refractivity contribution in [3.63, 3.8) is 0 Å². The smallest absolute Gasteiger partial charge is 0.326 e. The highest BCUT2D eigenvalue weighted by Gasteiger charge is 2.37. The van der Waals surface area contributed by atoms with Gasteiger partial charge < -0.3 is 10.0 Å². The average Bonchev–Trinajstić information content (AvgIpc) is 2.77. The van der Waals surface area contributed by atoms with Crippen LogP contribution in [0.1, 0.15) is 12.0 Å². The Labute approximate surface area is 134 Å². The van der Waals surface area contributed by atoms with E-state index in [-0.39, 0.29) is 11.8 Å². The lowest BCUT2D eigenvalue weighted by atomic mass is 10.0. The number of likely N-dealkylation sites (tertiary alicyclic amines) is 1. The maximum Gasteiger partial charge on any atom is 0.326 e. The molecule has 0 aliphatic carbocycles. The lowest BCUT2D eigenvalue weighted by Gasteiger charge is -2.24. The summed E-state index contributed by atoms with van der Waals surface area (Å²) in [6.07, 6.45) is 0.753. The summed E-state index contributed by atoms with van der Waals surface area (Å²) in [7, 11) is 0. The van der Waals surface area contributed by atoms with Crippen LogP contribution in [0.25, 0.3) is 0 Å². The van der Waals surface area contributed by atoms with Gasteiger partial charge in [0.1, 0.15) is 6.04 Å². The summed E-state index contributed by atoms with van der Waals surface area (Å²) in [5, 5.41) is 10.1. The zero-order chi connectivity index (χ0) is 14.7. The third-order valence-corrected chi connectivity index (χ3v) is 4.85. The Bertz CT molecular complexity index is 521. The van der Waals surface area contributed by atoms with Crippen molar-refractivity contribution in [1.82, 2.24) is 4.90 Å². The van der Waals surface area contributed by atoms with Crippen LogP contribution in [0.15, 0.2) is 28.7 Å². The molecule has 0 bridgehead atoms. The SMILES string of the molecule is O=C(O)C(Cc1cccc(Br)c1)N1CC(CBr)CC1=O. The van der Waals surface area contributed by atoms with E-state index < -0.39 is 12.0 Å². The van der Waals surface area contributed by atoms with Crippen LogP contribution >= 0.6 is 31.9 Å². The predicted octanol–water partition coefficient (Wildman–Crippen LogP) is 2.69. The van der Waals surface area contributed by atoms with Crippen molar-refractivity contribution in [3.05, 3.63) is 34.3 Å². The molecule has 1 fully saturated rings. The molecule has 6 heteroatoms. The van der Waals surface area contributed by atoms with Gasteiger partial charge in [-0.15, -0.1) is 0 Å². The van der Waals surface area contributed by atoms with Gasteiger partial charge in [-0.3, -0.25) is 4.79 Å². The number of alkyl halides is 1. The number of amides is 1. The van der Waals surface area contributed by atoms with E-state index in [1.165, 1.54) is 4.90 Å². The molecule has 1 aliphatic rings. The van der Waals surface area contributed by atoms with Crippen LogP contribution in [-0.4, -0.2) is 39.8 Å². The lowest BCUT2D eigenvalue weighted by Crippen LogP contribution is -2.43. The van der Waals surface area contributed by atoms with Gasteiger partial charge in [0.25, 0.3) is 0 Å². The molecule has 0 radical (unpaired) electrons. The van der Waals surface area contributed by atoms with Crippen molar-refractivity contribution < 1.29 is 14.7 Å². The molecule has 4 nitrogen and oxygen atoms in total. The van der Waals surface area contributed by atoms with Crippen LogP contribution in [0.3, 0.4) is 0 Å². The molecule has 1 saturated heterocycles. The number of rotatable bonds is 5. The number of hydrogen-bond acceptors (Lipinski definition) is 2. The molecule has 108 valence electrons. The highest BCUT2D eigenvalue weighted by Crippen LogP contribution is 2.24. The van der Waals surface area contributed by atoms with Crippen molar-refractivity contribution >= 4 is 43.7 Å². The van der Waals surface area contributed by atoms with Crippen LogP contribution in [0.4, 0.5) is 0 Å². The fraction of sp³-hybridized carbons (Fsp3) is 0.429. The molecule has 20 heavy (non-hydrogen) atoms. The Kier molecular flexibility index (Phi) is 5.21. The number of aliphatic carboxylic acids is 1. The molecule has 1 aliphatic heterocycles. The van der Waals surface area contributed by atoms with E-state index in [0.29, 0.717) is 19.4 Å². The first-order valence-electron chi connectivity index (χ1n) is 6.34. The Morgan fingerprint density at radius 2 is 2.25 bits per heavy atom. The minimum absolute atomic E-state index is 0.0724. The lowest BCUT2D eigenvalue weighted by molar-refractivity contribution is -0.148. The number of carbonyl (C=O) groups is 2. The number of carboxylic acids is 1.